The zero-order valence-corrected chi connectivity index (χ0v) is 18.7. The minimum absolute atomic E-state index is 0.0104. The highest BCUT2D eigenvalue weighted by molar-refractivity contribution is 5.89. The summed E-state index contributed by atoms with van der Waals surface area (Å²) in [6.07, 6.45) is -4.64. The minimum atomic E-state index is -4.48. The molecule has 1 fully saturated rings. The van der Waals surface area contributed by atoms with Crippen molar-refractivity contribution in [2.24, 2.45) is 0 Å². The van der Waals surface area contributed by atoms with Crippen LogP contribution in [0.1, 0.15) is 18.1 Å². The Morgan fingerprint density at radius 1 is 1.09 bits per heavy atom. The number of aryl methyl sites for hydroxylation is 1. The van der Waals surface area contributed by atoms with E-state index in [-0.39, 0.29) is 24.0 Å². The summed E-state index contributed by atoms with van der Waals surface area (Å²) in [6.45, 7) is 3.98. The molecular weight excluding hydrogens is 435 g/mol. The molecule has 1 aliphatic heterocycles. The monoisotopic (exact) mass is 463 g/mol. The molecular formula is C24H28F3N3O3. The third-order valence-electron chi connectivity index (χ3n) is 5.52. The lowest BCUT2D eigenvalue weighted by Gasteiger charge is -2.42. The van der Waals surface area contributed by atoms with Gasteiger partial charge in [0.05, 0.1) is 6.42 Å². The van der Waals surface area contributed by atoms with E-state index in [1.54, 1.807) is 25.1 Å². The van der Waals surface area contributed by atoms with Crippen LogP contribution in [0.4, 0.5) is 18.9 Å². The van der Waals surface area contributed by atoms with Crippen molar-refractivity contribution < 1.29 is 27.5 Å². The van der Waals surface area contributed by atoms with Crippen LogP contribution in [0.15, 0.2) is 48.5 Å². The molecule has 0 bridgehead atoms. The largest absolute Gasteiger partial charge is 0.484 e. The van der Waals surface area contributed by atoms with Gasteiger partial charge in [0.1, 0.15) is 11.8 Å². The first-order valence-electron chi connectivity index (χ1n) is 10.8. The summed E-state index contributed by atoms with van der Waals surface area (Å²) in [5, 5.41) is 2.79. The number of carbonyl (C=O) groups is 2. The number of ether oxygens (including phenoxy) is 1. The van der Waals surface area contributed by atoms with E-state index < -0.39 is 18.8 Å². The van der Waals surface area contributed by atoms with Gasteiger partial charge in [-0.05, 0) is 31.5 Å². The molecule has 1 aliphatic rings. The molecule has 0 aromatic heterocycles. The molecule has 3 rings (SSSR count). The van der Waals surface area contributed by atoms with Gasteiger partial charge in [-0.25, -0.2) is 0 Å². The molecule has 33 heavy (non-hydrogen) atoms. The zero-order chi connectivity index (χ0) is 24.0. The standard InChI is InChI=1S/C24H28F3N3O3/c1-3-28-23(32)20-15-29(19-10-6-4-8-17(19)2)12-13-30(20)22(31)14-18-9-5-7-11-21(18)33-16-24(25,26)27/h4-11,20H,3,12-16H2,1-2H3,(H,28,32). The van der Waals surface area contributed by atoms with Crippen molar-refractivity contribution >= 4 is 17.5 Å². The van der Waals surface area contributed by atoms with Crippen LogP contribution >= 0.6 is 0 Å². The predicted molar refractivity (Wildman–Crippen MR) is 119 cm³/mol. The maximum atomic E-state index is 13.2. The van der Waals surface area contributed by atoms with E-state index in [0.717, 1.165) is 11.3 Å². The Morgan fingerprint density at radius 2 is 1.79 bits per heavy atom. The number of piperazine rings is 1. The molecule has 2 amide bonds. The fourth-order valence-corrected chi connectivity index (χ4v) is 3.95. The Morgan fingerprint density at radius 3 is 2.48 bits per heavy atom. The van der Waals surface area contributed by atoms with Crippen LogP contribution in [0.5, 0.6) is 5.75 Å². The van der Waals surface area contributed by atoms with Gasteiger partial charge in [0.25, 0.3) is 0 Å². The number of likely N-dealkylation sites (N-methyl/N-ethyl adjacent to an activating group) is 1. The Bertz CT molecular complexity index is 981. The van der Waals surface area contributed by atoms with Crippen LogP contribution < -0.4 is 15.0 Å². The molecule has 1 unspecified atom stereocenters. The first-order chi connectivity index (χ1) is 15.7. The maximum Gasteiger partial charge on any atom is 0.422 e. The summed E-state index contributed by atoms with van der Waals surface area (Å²) >= 11 is 0. The number of halogens is 3. The van der Waals surface area contributed by atoms with Crippen LogP contribution in [0, 0.1) is 6.92 Å². The van der Waals surface area contributed by atoms with Gasteiger partial charge in [-0.15, -0.1) is 0 Å². The number of hydrogen-bond acceptors (Lipinski definition) is 4. The van der Waals surface area contributed by atoms with E-state index in [0.29, 0.717) is 31.7 Å². The second-order valence-corrected chi connectivity index (χ2v) is 7.92. The summed E-state index contributed by atoms with van der Waals surface area (Å²) in [5.41, 5.74) is 2.43. The fourth-order valence-electron chi connectivity index (χ4n) is 3.95. The number of amides is 2. The lowest BCUT2D eigenvalue weighted by molar-refractivity contribution is -0.153. The van der Waals surface area contributed by atoms with Crippen LogP contribution in [0.3, 0.4) is 0 Å². The Labute approximate surface area is 191 Å². The van der Waals surface area contributed by atoms with Crippen molar-refractivity contribution in [1.29, 1.82) is 0 Å². The topological polar surface area (TPSA) is 61.9 Å². The summed E-state index contributed by atoms with van der Waals surface area (Å²) < 4.78 is 42.7. The smallest absolute Gasteiger partial charge is 0.422 e. The van der Waals surface area contributed by atoms with Crippen LogP contribution in [-0.2, 0) is 16.0 Å². The average molecular weight is 464 g/mol. The van der Waals surface area contributed by atoms with Crippen molar-refractivity contribution in [3.63, 3.8) is 0 Å². The van der Waals surface area contributed by atoms with Gasteiger partial charge in [0, 0.05) is 37.4 Å². The fraction of sp³-hybridized carbons (Fsp3) is 0.417. The van der Waals surface area contributed by atoms with Gasteiger partial charge in [0.15, 0.2) is 6.61 Å². The van der Waals surface area contributed by atoms with Gasteiger partial charge >= 0.3 is 6.18 Å². The van der Waals surface area contributed by atoms with E-state index in [1.807, 2.05) is 31.2 Å². The Hall–Kier alpha value is -3.23. The van der Waals surface area contributed by atoms with E-state index in [4.69, 9.17) is 4.74 Å². The van der Waals surface area contributed by atoms with Crippen LogP contribution in [0.2, 0.25) is 0 Å². The molecule has 2 aromatic rings. The predicted octanol–water partition coefficient (Wildman–Crippen LogP) is 3.33. The number of alkyl halides is 3. The molecule has 178 valence electrons. The van der Waals surface area contributed by atoms with Crippen LogP contribution in [0.25, 0.3) is 0 Å². The van der Waals surface area contributed by atoms with Crippen LogP contribution in [-0.4, -0.2) is 61.7 Å². The van der Waals surface area contributed by atoms with Gasteiger partial charge in [-0.3, -0.25) is 9.59 Å². The number of rotatable bonds is 7. The Kier molecular flexibility index (Phi) is 7.84. The van der Waals surface area contributed by atoms with E-state index >= 15 is 0 Å². The minimum Gasteiger partial charge on any atom is -0.484 e. The van der Waals surface area contributed by atoms with E-state index in [9.17, 15) is 22.8 Å². The summed E-state index contributed by atoms with van der Waals surface area (Å²) in [6, 6.07) is 13.3. The SMILES string of the molecule is CCNC(=O)C1CN(c2ccccc2C)CCN1C(=O)Cc1ccccc1OCC(F)(F)F. The molecule has 0 saturated carbocycles. The van der Waals surface area contributed by atoms with Crippen molar-refractivity contribution in [2.75, 3.05) is 37.7 Å². The average Bonchev–Trinajstić information content (AvgIpc) is 2.78. The highest BCUT2D eigenvalue weighted by atomic mass is 19.4. The van der Waals surface area contributed by atoms with Gasteiger partial charge in [-0.1, -0.05) is 36.4 Å². The number of nitrogens with one attached hydrogen (secondary N) is 1. The molecule has 0 spiro atoms. The second-order valence-electron chi connectivity index (χ2n) is 7.92. The van der Waals surface area contributed by atoms with Gasteiger partial charge in [-0.2, -0.15) is 13.2 Å². The summed E-state index contributed by atoms with van der Waals surface area (Å²) in [7, 11) is 0. The lowest BCUT2D eigenvalue weighted by atomic mass is 10.0. The number of benzene rings is 2. The number of carbonyl (C=O) groups excluding carboxylic acids is 2. The van der Waals surface area contributed by atoms with Crippen molar-refractivity contribution in [3.05, 3.63) is 59.7 Å². The normalized spacial score (nSPS) is 16.5. The molecule has 1 atom stereocenters. The third kappa shape index (κ3) is 6.40. The Balaban J connectivity index is 1.78. The molecule has 1 N–H and O–H groups in total. The number of para-hydroxylation sites is 2. The third-order valence-corrected chi connectivity index (χ3v) is 5.52. The first kappa shape index (κ1) is 24.4. The first-order valence-corrected chi connectivity index (χ1v) is 10.8. The van der Waals surface area contributed by atoms with Crippen molar-refractivity contribution in [3.8, 4) is 5.75 Å². The molecule has 0 aliphatic carbocycles. The maximum absolute atomic E-state index is 13.2. The van der Waals surface area contributed by atoms with E-state index in [1.165, 1.54) is 11.0 Å². The van der Waals surface area contributed by atoms with Gasteiger partial charge in [0.2, 0.25) is 11.8 Å². The molecule has 6 nitrogen and oxygen atoms in total. The lowest BCUT2D eigenvalue weighted by Crippen LogP contribution is -2.61. The summed E-state index contributed by atoms with van der Waals surface area (Å²) in [4.78, 5) is 29.6. The van der Waals surface area contributed by atoms with Crippen molar-refractivity contribution in [2.45, 2.75) is 32.5 Å². The van der Waals surface area contributed by atoms with Crippen molar-refractivity contribution in [1.82, 2.24) is 10.2 Å². The second kappa shape index (κ2) is 10.6. The van der Waals surface area contributed by atoms with Gasteiger partial charge < -0.3 is 19.9 Å². The molecule has 1 heterocycles. The quantitative estimate of drug-likeness (QED) is 0.684. The highest BCUT2D eigenvalue weighted by Crippen LogP contribution is 2.26. The summed E-state index contributed by atoms with van der Waals surface area (Å²) in [5.74, 6) is -0.583. The van der Waals surface area contributed by atoms with E-state index in [2.05, 4.69) is 10.2 Å². The number of anilines is 1. The zero-order valence-electron chi connectivity index (χ0n) is 18.7. The molecule has 9 heteroatoms. The molecule has 2 aromatic carbocycles. The number of nitrogens with zero attached hydrogens (tertiary/aromatic N) is 2. The highest BCUT2D eigenvalue weighted by Gasteiger charge is 2.36. The molecule has 1 saturated heterocycles. The number of hydrogen-bond donors (Lipinski definition) is 1. The molecule has 0 radical (unpaired) electrons.